The molecule has 1 N–H and O–H groups in total. The molecule has 2 aromatic rings. The number of rotatable bonds is 7. The number of nitrogens with one attached hydrogen (secondary N) is 1. The molecule has 0 aliphatic rings. The normalized spacial score (nSPS) is 13.0. The molecule has 0 radical (unpaired) electrons. The highest BCUT2D eigenvalue weighted by molar-refractivity contribution is 7.91. The third-order valence-corrected chi connectivity index (χ3v) is 6.13. The van der Waals surface area contributed by atoms with E-state index in [0.29, 0.717) is 4.21 Å². The maximum atomic E-state index is 12.1. The van der Waals surface area contributed by atoms with E-state index in [4.69, 9.17) is 4.74 Å². The molecule has 0 aliphatic carbocycles. The van der Waals surface area contributed by atoms with Gasteiger partial charge in [0.2, 0.25) is 10.0 Å². The first-order chi connectivity index (χ1) is 10.0. The quantitative estimate of drug-likeness (QED) is 0.851. The number of hydrogen-bond acceptors (Lipinski definition) is 4. The fraction of sp³-hybridized carbons (Fsp3) is 0.333. The molecule has 114 valence electrons. The summed E-state index contributed by atoms with van der Waals surface area (Å²) in [5.41, 5.74) is 1.16. The second-order valence-electron chi connectivity index (χ2n) is 4.84. The minimum absolute atomic E-state index is 0.112. The van der Waals surface area contributed by atoms with E-state index in [-0.39, 0.29) is 6.04 Å². The Morgan fingerprint density at radius 1 is 1.24 bits per heavy atom. The van der Waals surface area contributed by atoms with Gasteiger partial charge in [-0.05, 0) is 48.9 Å². The number of hydrogen-bond donors (Lipinski definition) is 1. The van der Waals surface area contributed by atoms with Crippen LogP contribution in [0.2, 0.25) is 0 Å². The molecule has 0 saturated carbocycles. The van der Waals surface area contributed by atoms with Crippen molar-refractivity contribution in [1.82, 2.24) is 4.72 Å². The van der Waals surface area contributed by atoms with E-state index in [0.717, 1.165) is 24.2 Å². The lowest BCUT2D eigenvalue weighted by atomic mass is 10.1. The van der Waals surface area contributed by atoms with E-state index in [1.54, 1.807) is 24.6 Å². The fourth-order valence-corrected chi connectivity index (χ4v) is 4.26. The average molecular weight is 325 g/mol. The van der Waals surface area contributed by atoms with Gasteiger partial charge in [-0.3, -0.25) is 0 Å². The summed E-state index contributed by atoms with van der Waals surface area (Å²) < 4.78 is 32.3. The van der Waals surface area contributed by atoms with Crippen LogP contribution >= 0.6 is 11.3 Å². The van der Waals surface area contributed by atoms with Gasteiger partial charge in [0.15, 0.2) is 0 Å². The molecule has 1 atom stereocenters. The van der Waals surface area contributed by atoms with Gasteiger partial charge in [0.1, 0.15) is 9.96 Å². The van der Waals surface area contributed by atoms with Gasteiger partial charge in [-0.2, -0.15) is 0 Å². The number of thiophene rings is 1. The lowest BCUT2D eigenvalue weighted by Crippen LogP contribution is -2.32. The Kier molecular flexibility index (Phi) is 5.39. The molecule has 0 fully saturated rings. The van der Waals surface area contributed by atoms with Crippen LogP contribution in [0.3, 0.4) is 0 Å². The van der Waals surface area contributed by atoms with E-state index in [9.17, 15) is 8.42 Å². The molecule has 0 aliphatic heterocycles. The molecule has 21 heavy (non-hydrogen) atoms. The van der Waals surface area contributed by atoms with Crippen LogP contribution in [0.4, 0.5) is 0 Å². The lowest BCUT2D eigenvalue weighted by Gasteiger charge is -2.13. The molecule has 1 heterocycles. The van der Waals surface area contributed by atoms with Crippen molar-refractivity contribution in [2.45, 2.75) is 30.0 Å². The molecular weight excluding hydrogens is 306 g/mol. The Labute approximate surface area is 129 Å². The van der Waals surface area contributed by atoms with Crippen molar-refractivity contribution in [3.05, 3.63) is 47.3 Å². The van der Waals surface area contributed by atoms with Gasteiger partial charge >= 0.3 is 0 Å². The molecule has 1 unspecified atom stereocenters. The zero-order valence-electron chi connectivity index (χ0n) is 12.1. The molecule has 4 nitrogen and oxygen atoms in total. The summed E-state index contributed by atoms with van der Waals surface area (Å²) in [4.78, 5) is 0. The molecule has 0 saturated heterocycles. The number of methoxy groups -OCH3 is 1. The zero-order valence-corrected chi connectivity index (χ0v) is 13.7. The SMILES string of the molecule is COc1ccc(CCC(C)NS(=O)(=O)c2cccs2)cc1. The van der Waals surface area contributed by atoms with Gasteiger partial charge in [-0.15, -0.1) is 11.3 Å². The van der Waals surface area contributed by atoms with Crippen LogP contribution in [-0.2, 0) is 16.4 Å². The van der Waals surface area contributed by atoms with E-state index < -0.39 is 10.0 Å². The van der Waals surface area contributed by atoms with Crippen LogP contribution < -0.4 is 9.46 Å². The lowest BCUT2D eigenvalue weighted by molar-refractivity contribution is 0.414. The average Bonchev–Trinajstić information content (AvgIpc) is 3.00. The predicted molar refractivity (Wildman–Crippen MR) is 85.4 cm³/mol. The van der Waals surface area contributed by atoms with Crippen molar-refractivity contribution in [3.63, 3.8) is 0 Å². The van der Waals surface area contributed by atoms with Crippen molar-refractivity contribution in [2.24, 2.45) is 0 Å². The predicted octanol–water partition coefficient (Wildman–Crippen LogP) is 3.06. The second kappa shape index (κ2) is 7.06. The summed E-state index contributed by atoms with van der Waals surface area (Å²) in [6.07, 6.45) is 1.56. The van der Waals surface area contributed by atoms with Crippen LogP contribution in [-0.4, -0.2) is 21.6 Å². The summed E-state index contributed by atoms with van der Waals surface area (Å²) in [5, 5.41) is 1.76. The van der Waals surface area contributed by atoms with Crippen molar-refractivity contribution in [1.29, 1.82) is 0 Å². The highest BCUT2D eigenvalue weighted by Gasteiger charge is 2.17. The van der Waals surface area contributed by atoms with Crippen LogP contribution in [0.15, 0.2) is 46.0 Å². The minimum atomic E-state index is -3.38. The summed E-state index contributed by atoms with van der Waals surface area (Å²) in [5.74, 6) is 0.824. The molecule has 6 heteroatoms. The highest BCUT2D eigenvalue weighted by atomic mass is 32.2. The summed E-state index contributed by atoms with van der Waals surface area (Å²) in [6.45, 7) is 1.88. The van der Waals surface area contributed by atoms with Crippen LogP contribution in [0, 0.1) is 0 Å². The number of benzene rings is 1. The summed E-state index contributed by atoms with van der Waals surface area (Å²) in [6, 6.07) is 11.1. The Bertz CT molecular complexity index is 649. The zero-order chi connectivity index (χ0) is 15.3. The van der Waals surface area contributed by atoms with Crippen molar-refractivity contribution in [2.75, 3.05) is 7.11 Å². The Hall–Kier alpha value is -1.37. The molecular formula is C15H19NO3S2. The minimum Gasteiger partial charge on any atom is -0.497 e. The van der Waals surface area contributed by atoms with E-state index in [1.165, 1.54) is 11.3 Å². The topological polar surface area (TPSA) is 55.4 Å². The Balaban J connectivity index is 1.88. The molecule has 1 aromatic heterocycles. The molecule has 0 spiro atoms. The summed E-state index contributed by atoms with van der Waals surface area (Å²) >= 11 is 1.23. The second-order valence-corrected chi connectivity index (χ2v) is 7.73. The van der Waals surface area contributed by atoms with Gasteiger partial charge in [0.25, 0.3) is 0 Å². The van der Waals surface area contributed by atoms with E-state index in [1.807, 2.05) is 31.2 Å². The van der Waals surface area contributed by atoms with Crippen molar-refractivity contribution < 1.29 is 13.2 Å². The van der Waals surface area contributed by atoms with E-state index in [2.05, 4.69) is 4.72 Å². The largest absolute Gasteiger partial charge is 0.497 e. The molecule has 1 aromatic carbocycles. The molecule has 2 rings (SSSR count). The summed E-state index contributed by atoms with van der Waals surface area (Å²) in [7, 11) is -1.75. The van der Waals surface area contributed by atoms with Gasteiger partial charge in [-0.1, -0.05) is 18.2 Å². The highest BCUT2D eigenvalue weighted by Crippen LogP contribution is 2.17. The number of ether oxygens (including phenoxy) is 1. The first-order valence-electron chi connectivity index (χ1n) is 6.70. The monoisotopic (exact) mass is 325 g/mol. The first kappa shape index (κ1) is 16.0. The maximum absolute atomic E-state index is 12.1. The first-order valence-corrected chi connectivity index (χ1v) is 9.06. The standard InChI is InChI=1S/C15H19NO3S2/c1-12(16-21(17,18)15-4-3-11-20-15)5-6-13-7-9-14(19-2)10-8-13/h3-4,7-12,16H,5-6H2,1-2H3. The van der Waals surface area contributed by atoms with Gasteiger partial charge in [-0.25, -0.2) is 13.1 Å². The number of aryl methyl sites for hydroxylation is 1. The molecule has 0 amide bonds. The third-order valence-electron chi connectivity index (χ3n) is 3.14. The Morgan fingerprint density at radius 3 is 2.52 bits per heavy atom. The van der Waals surface area contributed by atoms with E-state index >= 15 is 0 Å². The maximum Gasteiger partial charge on any atom is 0.250 e. The van der Waals surface area contributed by atoms with Crippen LogP contribution in [0.5, 0.6) is 5.75 Å². The van der Waals surface area contributed by atoms with Gasteiger partial charge < -0.3 is 4.74 Å². The smallest absolute Gasteiger partial charge is 0.250 e. The van der Waals surface area contributed by atoms with Crippen molar-refractivity contribution >= 4 is 21.4 Å². The van der Waals surface area contributed by atoms with Crippen molar-refractivity contribution in [3.8, 4) is 5.75 Å². The molecule has 0 bridgehead atoms. The fourth-order valence-electron chi connectivity index (χ4n) is 1.97. The third kappa shape index (κ3) is 4.56. The van der Waals surface area contributed by atoms with Gasteiger partial charge in [0.05, 0.1) is 7.11 Å². The van der Waals surface area contributed by atoms with Gasteiger partial charge in [0, 0.05) is 6.04 Å². The Morgan fingerprint density at radius 2 is 1.95 bits per heavy atom. The van der Waals surface area contributed by atoms with Crippen LogP contribution in [0.1, 0.15) is 18.9 Å². The number of sulfonamides is 1. The van der Waals surface area contributed by atoms with Crippen LogP contribution in [0.25, 0.3) is 0 Å².